The molecule has 0 bridgehead atoms. The molecule has 1 aromatic rings. The molecule has 0 aliphatic carbocycles. The van der Waals surface area contributed by atoms with Crippen molar-refractivity contribution in [1.82, 2.24) is 0 Å². The molecular formula is C13H20N2O2. The molecule has 1 aromatic carbocycles. The van der Waals surface area contributed by atoms with Crippen molar-refractivity contribution in [2.75, 3.05) is 5.32 Å². The number of anilines is 1. The number of nitrogens with one attached hydrogen (secondary N) is 1. The van der Waals surface area contributed by atoms with E-state index in [9.17, 15) is 4.79 Å². The number of aliphatic hydroxyl groups excluding tert-OH is 1. The number of hydrogen-bond donors (Lipinski definition) is 3. The Labute approximate surface area is 102 Å². The highest BCUT2D eigenvalue weighted by molar-refractivity contribution is 5.94. The second-order valence-corrected chi connectivity index (χ2v) is 4.58. The van der Waals surface area contributed by atoms with Crippen molar-refractivity contribution in [3.63, 3.8) is 0 Å². The summed E-state index contributed by atoms with van der Waals surface area (Å²) in [5.74, 6) is 0.225. The maximum atomic E-state index is 11.7. The Kier molecular flexibility index (Phi) is 5.12. The number of carbonyl (C=O) groups excluding carboxylic acids is 1. The van der Waals surface area contributed by atoms with Gasteiger partial charge in [0.05, 0.1) is 12.6 Å². The van der Waals surface area contributed by atoms with Gasteiger partial charge < -0.3 is 16.2 Å². The van der Waals surface area contributed by atoms with E-state index in [1.807, 2.05) is 13.8 Å². The Morgan fingerprint density at radius 1 is 1.35 bits per heavy atom. The molecule has 4 nitrogen and oxygen atoms in total. The quantitative estimate of drug-likeness (QED) is 0.725. The fourth-order valence-corrected chi connectivity index (χ4v) is 1.54. The summed E-state index contributed by atoms with van der Waals surface area (Å²) in [6, 6.07) is 6.57. The van der Waals surface area contributed by atoms with Gasteiger partial charge in [0.25, 0.3) is 0 Å². The topological polar surface area (TPSA) is 75.4 Å². The van der Waals surface area contributed by atoms with E-state index in [0.717, 1.165) is 5.56 Å². The van der Waals surface area contributed by atoms with Crippen LogP contribution in [0.15, 0.2) is 24.3 Å². The van der Waals surface area contributed by atoms with Gasteiger partial charge in [-0.3, -0.25) is 4.79 Å². The Balaban J connectivity index is 2.55. The molecule has 0 radical (unpaired) electrons. The van der Waals surface area contributed by atoms with E-state index in [-0.39, 0.29) is 12.5 Å². The number of rotatable bonds is 5. The SMILES string of the molecule is CC(C)CC(N)C(=O)Nc1ccc(CO)cc1. The summed E-state index contributed by atoms with van der Waals surface area (Å²) in [4.78, 5) is 11.7. The van der Waals surface area contributed by atoms with Crippen LogP contribution in [0.1, 0.15) is 25.8 Å². The molecule has 1 unspecified atom stereocenters. The van der Waals surface area contributed by atoms with E-state index >= 15 is 0 Å². The van der Waals surface area contributed by atoms with Crippen molar-refractivity contribution < 1.29 is 9.90 Å². The second kappa shape index (κ2) is 6.37. The van der Waals surface area contributed by atoms with Crippen molar-refractivity contribution >= 4 is 11.6 Å². The largest absolute Gasteiger partial charge is 0.392 e. The third-order valence-electron chi connectivity index (χ3n) is 2.47. The van der Waals surface area contributed by atoms with Crippen LogP contribution in [0, 0.1) is 5.92 Å². The van der Waals surface area contributed by atoms with Crippen molar-refractivity contribution in [3.05, 3.63) is 29.8 Å². The predicted octanol–water partition coefficient (Wildman–Crippen LogP) is 1.49. The first kappa shape index (κ1) is 13.7. The molecular weight excluding hydrogens is 216 g/mol. The minimum Gasteiger partial charge on any atom is -0.392 e. The van der Waals surface area contributed by atoms with E-state index in [1.165, 1.54) is 0 Å². The highest BCUT2D eigenvalue weighted by atomic mass is 16.3. The first-order valence-corrected chi connectivity index (χ1v) is 5.79. The lowest BCUT2D eigenvalue weighted by molar-refractivity contribution is -0.117. The standard InChI is InChI=1S/C13H20N2O2/c1-9(2)7-12(14)13(17)15-11-5-3-10(8-16)4-6-11/h3-6,9,12,16H,7-8,14H2,1-2H3,(H,15,17). The van der Waals surface area contributed by atoms with E-state index in [0.29, 0.717) is 18.0 Å². The van der Waals surface area contributed by atoms with E-state index < -0.39 is 6.04 Å². The molecule has 0 fully saturated rings. The maximum absolute atomic E-state index is 11.7. The highest BCUT2D eigenvalue weighted by Crippen LogP contribution is 2.11. The Hall–Kier alpha value is -1.39. The first-order chi connectivity index (χ1) is 8.02. The molecule has 0 spiro atoms. The fraction of sp³-hybridized carbons (Fsp3) is 0.462. The van der Waals surface area contributed by atoms with Gasteiger partial charge in [0.1, 0.15) is 0 Å². The number of carbonyl (C=O) groups is 1. The van der Waals surface area contributed by atoms with Gasteiger partial charge in [0, 0.05) is 5.69 Å². The van der Waals surface area contributed by atoms with Gasteiger partial charge in [0.15, 0.2) is 0 Å². The molecule has 17 heavy (non-hydrogen) atoms. The van der Waals surface area contributed by atoms with Crippen LogP contribution in [-0.4, -0.2) is 17.1 Å². The average Bonchev–Trinajstić information content (AvgIpc) is 2.29. The zero-order valence-electron chi connectivity index (χ0n) is 10.3. The molecule has 0 aromatic heterocycles. The van der Waals surface area contributed by atoms with Gasteiger partial charge >= 0.3 is 0 Å². The molecule has 0 aliphatic rings. The minimum absolute atomic E-state index is 0.00108. The van der Waals surface area contributed by atoms with Crippen molar-refractivity contribution in [2.24, 2.45) is 11.7 Å². The normalized spacial score (nSPS) is 12.5. The van der Waals surface area contributed by atoms with Crippen LogP contribution in [0.5, 0.6) is 0 Å². The van der Waals surface area contributed by atoms with Crippen LogP contribution in [0.3, 0.4) is 0 Å². The second-order valence-electron chi connectivity index (χ2n) is 4.58. The van der Waals surface area contributed by atoms with Crippen LogP contribution >= 0.6 is 0 Å². The van der Waals surface area contributed by atoms with Crippen molar-refractivity contribution in [3.8, 4) is 0 Å². The molecule has 0 saturated carbocycles. The lowest BCUT2D eigenvalue weighted by Crippen LogP contribution is -2.36. The van der Waals surface area contributed by atoms with Crippen LogP contribution in [-0.2, 0) is 11.4 Å². The molecule has 1 rings (SSSR count). The van der Waals surface area contributed by atoms with Gasteiger partial charge in [0.2, 0.25) is 5.91 Å². The Morgan fingerprint density at radius 3 is 2.41 bits per heavy atom. The van der Waals surface area contributed by atoms with Gasteiger partial charge in [-0.25, -0.2) is 0 Å². The lowest BCUT2D eigenvalue weighted by Gasteiger charge is -2.14. The van der Waals surface area contributed by atoms with Gasteiger partial charge in [-0.05, 0) is 30.0 Å². The Bertz CT molecular complexity index is 360. The average molecular weight is 236 g/mol. The van der Waals surface area contributed by atoms with Crippen LogP contribution in [0.2, 0.25) is 0 Å². The summed E-state index contributed by atoms with van der Waals surface area (Å²) in [6.07, 6.45) is 0.667. The van der Waals surface area contributed by atoms with E-state index in [4.69, 9.17) is 10.8 Å². The molecule has 0 aliphatic heterocycles. The van der Waals surface area contributed by atoms with Gasteiger partial charge in [-0.15, -0.1) is 0 Å². The van der Waals surface area contributed by atoms with E-state index in [1.54, 1.807) is 24.3 Å². The molecule has 0 heterocycles. The number of benzene rings is 1. The number of aliphatic hydroxyl groups is 1. The number of nitrogens with two attached hydrogens (primary N) is 1. The zero-order chi connectivity index (χ0) is 12.8. The third kappa shape index (κ3) is 4.54. The van der Waals surface area contributed by atoms with Crippen molar-refractivity contribution in [1.29, 1.82) is 0 Å². The monoisotopic (exact) mass is 236 g/mol. The summed E-state index contributed by atoms with van der Waals surface area (Å²) in [7, 11) is 0. The summed E-state index contributed by atoms with van der Waals surface area (Å²) in [5, 5.41) is 11.6. The Morgan fingerprint density at radius 2 is 1.94 bits per heavy atom. The minimum atomic E-state index is -0.479. The molecule has 1 atom stereocenters. The summed E-state index contributed by atoms with van der Waals surface area (Å²) >= 11 is 0. The fourth-order valence-electron chi connectivity index (χ4n) is 1.54. The molecule has 4 heteroatoms. The zero-order valence-corrected chi connectivity index (χ0v) is 10.3. The van der Waals surface area contributed by atoms with Crippen LogP contribution in [0.25, 0.3) is 0 Å². The van der Waals surface area contributed by atoms with Gasteiger partial charge in [-0.2, -0.15) is 0 Å². The number of amides is 1. The summed E-state index contributed by atoms with van der Waals surface area (Å²) < 4.78 is 0. The first-order valence-electron chi connectivity index (χ1n) is 5.79. The highest BCUT2D eigenvalue weighted by Gasteiger charge is 2.14. The lowest BCUT2D eigenvalue weighted by atomic mass is 10.0. The molecule has 4 N–H and O–H groups in total. The molecule has 1 amide bonds. The predicted molar refractivity (Wildman–Crippen MR) is 68.4 cm³/mol. The van der Waals surface area contributed by atoms with Gasteiger partial charge in [-0.1, -0.05) is 26.0 Å². The van der Waals surface area contributed by atoms with Crippen LogP contribution < -0.4 is 11.1 Å². The molecule has 0 saturated heterocycles. The molecule has 94 valence electrons. The van der Waals surface area contributed by atoms with Crippen LogP contribution in [0.4, 0.5) is 5.69 Å². The van der Waals surface area contributed by atoms with E-state index in [2.05, 4.69) is 5.32 Å². The summed E-state index contributed by atoms with van der Waals surface area (Å²) in [5.41, 5.74) is 7.28. The summed E-state index contributed by atoms with van der Waals surface area (Å²) in [6.45, 7) is 4.06. The maximum Gasteiger partial charge on any atom is 0.241 e. The smallest absolute Gasteiger partial charge is 0.241 e. The van der Waals surface area contributed by atoms with Crippen molar-refractivity contribution in [2.45, 2.75) is 32.9 Å². The third-order valence-corrected chi connectivity index (χ3v) is 2.47. The number of hydrogen-bond acceptors (Lipinski definition) is 3.